The molecular formula is C18H21NO2. The Bertz CT molecular complexity index is 585. The second-order valence-corrected chi connectivity index (χ2v) is 5.79. The summed E-state index contributed by atoms with van der Waals surface area (Å²) in [5.41, 5.74) is 2.24. The molecule has 0 bridgehead atoms. The summed E-state index contributed by atoms with van der Waals surface area (Å²) in [5, 5.41) is 19.7. The van der Waals surface area contributed by atoms with Crippen LogP contribution < -0.4 is 0 Å². The highest BCUT2D eigenvalue weighted by molar-refractivity contribution is 5.36. The minimum Gasteiger partial charge on any atom is -0.508 e. The Hall–Kier alpha value is -1.84. The molecule has 3 heteroatoms. The highest BCUT2D eigenvalue weighted by Gasteiger charge is 2.34. The molecule has 110 valence electrons. The average Bonchev–Trinajstić information content (AvgIpc) is 2.91. The number of hydrogen-bond donors (Lipinski definition) is 2. The highest BCUT2D eigenvalue weighted by atomic mass is 16.3. The molecular weight excluding hydrogens is 262 g/mol. The number of nitrogens with zero attached hydrogens (tertiary/aromatic N) is 1. The van der Waals surface area contributed by atoms with E-state index in [2.05, 4.69) is 29.2 Å². The van der Waals surface area contributed by atoms with E-state index >= 15 is 0 Å². The predicted molar refractivity (Wildman–Crippen MR) is 83.1 cm³/mol. The first-order valence-electron chi connectivity index (χ1n) is 7.43. The molecule has 0 aromatic heterocycles. The van der Waals surface area contributed by atoms with Crippen LogP contribution >= 0.6 is 0 Å². The molecule has 0 radical (unpaired) electrons. The van der Waals surface area contributed by atoms with Crippen LogP contribution in [-0.4, -0.2) is 34.8 Å². The van der Waals surface area contributed by atoms with Gasteiger partial charge in [-0.3, -0.25) is 4.90 Å². The summed E-state index contributed by atoms with van der Waals surface area (Å²) in [6.45, 7) is 2.79. The fourth-order valence-electron chi connectivity index (χ4n) is 3.27. The van der Waals surface area contributed by atoms with Crippen molar-refractivity contribution in [2.75, 3.05) is 19.7 Å². The summed E-state index contributed by atoms with van der Waals surface area (Å²) in [4.78, 5) is 2.35. The van der Waals surface area contributed by atoms with E-state index in [1.165, 1.54) is 5.56 Å². The lowest BCUT2D eigenvalue weighted by atomic mass is 9.89. The van der Waals surface area contributed by atoms with Crippen molar-refractivity contribution in [3.05, 3.63) is 65.7 Å². The third-order valence-electron chi connectivity index (χ3n) is 4.34. The number of aliphatic hydroxyl groups excluding tert-OH is 1. The first-order valence-corrected chi connectivity index (χ1v) is 7.43. The van der Waals surface area contributed by atoms with Crippen LogP contribution in [0, 0.1) is 5.92 Å². The van der Waals surface area contributed by atoms with Gasteiger partial charge >= 0.3 is 0 Å². The lowest BCUT2D eigenvalue weighted by Gasteiger charge is -2.17. The van der Waals surface area contributed by atoms with Crippen molar-refractivity contribution in [1.29, 1.82) is 0 Å². The number of likely N-dealkylation sites (tertiary alicyclic amines) is 1. The average molecular weight is 283 g/mol. The lowest BCUT2D eigenvalue weighted by molar-refractivity contribution is 0.213. The van der Waals surface area contributed by atoms with Gasteiger partial charge in [0, 0.05) is 38.1 Å². The second kappa shape index (κ2) is 6.29. The minimum atomic E-state index is 0.157. The lowest BCUT2D eigenvalue weighted by Crippen LogP contribution is -2.20. The van der Waals surface area contributed by atoms with Crippen molar-refractivity contribution in [3.8, 4) is 5.75 Å². The second-order valence-electron chi connectivity index (χ2n) is 5.79. The Morgan fingerprint density at radius 1 is 0.952 bits per heavy atom. The zero-order valence-electron chi connectivity index (χ0n) is 12.0. The van der Waals surface area contributed by atoms with E-state index in [1.807, 2.05) is 24.3 Å². The molecule has 0 aliphatic carbocycles. The minimum absolute atomic E-state index is 0.157. The van der Waals surface area contributed by atoms with Crippen molar-refractivity contribution >= 4 is 0 Å². The topological polar surface area (TPSA) is 43.7 Å². The highest BCUT2D eigenvalue weighted by Crippen LogP contribution is 2.37. The summed E-state index contributed by atoms with van der Waals surface area (Å²) >= 11 is 0. The Morgan fingerprint density at radius 3 is 2.38 bits per heavy atom. The number of phenolic OH excluding ortho intramolecular Hbond substituents is 1. The van der Waals surface area contributed by atoms with Gasteiger partial charge in [-0.05, 0) is 17.2 Å². The number of benzene rings is 2. The van der Waals surface area contributed by atoms with E-state index in [9.17, 15) is 10.2 Å². The monoisotopic (exact) mass is 283 g/mol. The summed E-state index contributed by atoms with van der Waals surface area (Å²) in [6, 6.07) is 17.9. The van der Waals surface area contributed by atoms with Gasteiger partial charge in [0.2, 0.25) is 0 Å². The quantitative estimate of drug-likeness (QED) is 0.906. The molecule has 1 heterocycles. The van der Waals surface area contributed by atoms with Gasteiger partial charge in [-0.25, -0.2) is 0 Å². The Labute approximate surface area is 125 Å². The van der Waals surface area contributed by atoms with Crippen LogP contribution in [0.15, 0.2) is 54.6 Å². The van der Waals surface area contributed by atoms with E-state index in [-0.39, 0.29) is 18.4 Å². The first kappa shape index (κ1) is 14.1. The normalized spacial score (nSPS) is 22.5. The van der Waals surface area contributed by atoms with Crippen molar-refractivity contribution in [2.24, 2.45) is 5.92 Å². The molecule has 3 nitrogen and oxygen atoms in total. The summed E-state index contributed by atoms with van der Waals surface area (Å²) in [7, 11) is 0. The van der Waals surface area contributed by atoms with E-state index in [4.69, 9.17) is 0 Å². The van der Waals surface area contributed by atoms with Crippen LogP contribution in [0.3, 0.4) is 0 Å². The maximum atomic E-state index is 10.1. The van der Waals surface area contributed by atoms with Gasteiger partial charge in [-0.15, -0.1) is 0 Å². The molecule has 2 aromatic rings. The molecule has 0 saturated carbocycles. The molecule has 3 rings (SSSR count). The van der Waals surface area contributed by atoms with Gasteiger partial charge in [-0.2, -0.15) is 0 Å². The number of para-hydroxylation sites is 1. The number of aliphatic hydroxyl groups is 1. The molecule has 1 aliphatic heterocycles. The molecule has 2 atom stereocenters. The molecule has 21 heavy (non-hydrogen) atoms. The number of phenols is 1. The van der Waals surface area contributed by atoms with Crippen LogP contribution in [0.1, 0.15) is 17.0 Å². The summed E-state index contributed by atoms with van der Waals surface area (Å²) in [6.07, 6.45) is 0. The Kier molecular flexibility index (Phi) is 4.23. The first-order chi connectivity index (χ1) is 10.3. The number of aromatic hydroxyl groups is 1. The zero-order valence-corrected chi connectivity index (χ0v) is 12.0. The van der Waals surface area contributed by atoms with Crippen molar-refractivity contribution in [2.45, 2.75) is 12.5 Å². The van der Waals surface area contributed by atoms with Gasteiger partial charge < -0.3 is 10.2 Å². The van der Waals surface area contributed by atoms with E-state index in [0.717, 1.165) is 25.2 Å². The number of hydrogen-bond acceptors (Lipinski definition) is 3. The van der Waals surface area contributed by atoms with Gasteiger partial charge in [0.1, 0.15) is 5.75 Å². The molecule has 2 aromatic carbocycles. The van der Waals surface area contributed by atoms with Crippen LogP contribution in [0.4, 0.5) is 0 Å². The maximum Gasteiger partial charge on any atom is 0.119 e. The molecule has 2 N–H and O–H groups in total. The maximum absolute atomic E-state index is 10.1. The van der Waals surface area contributed by atoms with Crippen molar-refractivity contribution in [3.63, 3.8) is 0 Å². The largest absolute Gasteiger partial charge is 0.508 e. The molecule has 0 spiro atoms. The fourth-order valence-corrected chi connectivity index (χ4v) is 3.27. The molecule has 0 amide bonds. The van der Waals surface area contributed by atoms with Gasteiger partial charge in [-0.1, -0.05) is 48.5 Å². The summed E-state index contributed by atoms with van der Waals surface area (Å²) in [5.74, 6) is 0.712. The van der Waals surface area contributed by atoms with E-state index < -0.39 is 0 Å². The number of rotatable bonds is 4. The standard InChI is InChI=1S/C18H21NO2/c20-13-15-11-19(10-14-6-2-1-3-7-14)12-17(15)16-8-4-5-9-18(16)21/h1-9,15,17,20-21H,10-13H2/t15-,17+/m0/s1. The van der Waals surface area contributed by atoms with Gasteiger partial charge in [0.25, 0.3) is 0 Å². The molecule has 1 aliphatic rings. The van der Waals surface area contributed by atoms with Crippen LogP contribution in [0.2, 0.25) is 0 Å². The Morgan fingerprint density at radius 2 is 1.67 bits per heavy atom. The molecule has 1 saturated heterocycles. The van der Waals surface area contributed by atoms with Crippen LogP contribution in [0.25, 0.3) is 0 Å². The van der Waals surface area contributed by atoms with E-state index in [0.29, 0.717) is 5.75 Å². The van der Waals surface area contributed by atoms with Crippen molar-refractivity contribution < 1.29 is 10.2 Å². The Balaban J connectivity index is 1.76. The van der Waals surface area contributed by atoms with Gasteiger partial charge in [0.05, 0.1) is 0 Å². The zero-order chi connectivity index (χ0) is 14.7. The van der Waals surface area contributed by atoms with Crippen LogP contribution in [-0.2, 0) is 6.54 Å². The van der Waals surface area contributed by atoms with Crippen molar-refractivity contribution in [1.82, 2.24) is 4.90 Å². The van der Waals surface area contributed by atoms with E-state index in [1.54, 1.807) is 6.07 Å². The molecule has 0 unspecified atom stereocenters. The smallest absolute Gasteiger partial charge is 0.119 e. The molecule has 1 fully saturated rings. The van der Waals surface area contributed by atoms with Crippen LogP contribution in [0.5, 0.6) is 5.75 Å². The third kappa shape index (κ3) is 3.09. The third-order valence-corrected chi connectivity index (χ3v) is 4.34. The van der Waals surface area contributed by atoms with Gasteiger partial charge in [0.15, 0.2) is 0 Å². The SMILES string of the molecule is OC[C@@H]1CN(Cc2ccccc2)C[C@H]1c1ccccc1O. The summed E-state index contributed by atoms with van der Waals surface area (Å²) < 4.78 is 0. The predicted octanol–water partition coefficient (Wildman–Crippen LogP) is 2.60. The fraction of sp³-hybridized carbons (Fsp3) is 0.333.